The first-order valence-electron chi connectivity index (χ1n) is 15.1. The molecule has 4 heteroatoms. The molecule has 0 bridgehead atoms. The Morgan fingerprint density at radius 1 is 0.614 bits per heavy atom. The van der Waals surface area contributed by atoms with E-state index in [4.69, 9.17) is 0 Å². The molecule has 0 saturated carbocycles. The van der Waals surface area contributed by atoms with E-state index < -0.39 is 0 Å². The summed E-state index contributed by atoms with van der Waals surface area (Å²) in [5.74, 6) is 1.16. The van der Waals surface area contributed by atoms with Gasteiger partial charge in [-0.05, 0) is 28.5 Å². The van der Waals surface area contributed by atoms with E-state index in [1.165, 1.54) is 66.1 Å². The van der Waals surface area contributed by atoms with E-state index >= 15 is 0 Å². The molecule has 0 amide bonds. The second kappa shape index (κ2) is 17.5. The summed E-state index contributed by atoms with van der Waals surface area (Å²) in [4.78, 5) is 0. The van der Waals surface area contributed by atoms with E-state index in [2.05, 4.69) is 164 Å². The Morgan fingerprint density at radius 2 is 1.20 bits per heavy atom. The molecule has 228 valence electrons. The van der Waals surface area contributed by atoms with E-state index in [0.29, 0.717) is 11.8 Å². The SMILES string of the molecule is CC(C)c1ccc(-c2cccc3[cH-]c(C(C)C)cc23)cc1.C[Si](C)=[Zr+2].Cc1cc2c(-c3ccccc3)ccc(C)c2[cH-]1.[Cl-].[Cl-]. The van der Waals surface area contributed by atoms with Crippen molar-refractivity contribution in [1.29, 1.82) is 0 Å². The second-order valence-corrected chi connectivity index (χ2v) is 21.6. The molecular weight excluding hydrogens is 671 g/mol. The van der Waals surface area contributed by atoms with Crippen molar-refractivity contribution < 1.29 is 48.1 Å². The quantitative estimate of drug-likeness (QED) is 0.153. The third-order valence-corrected chi connectivity index (χ3v) is 7.66. The number of aryl methyl sites for hydroxylation is 2. The minimum Gasteiger partial charge on any atom is -1.00 e. The molecule has 0 fully saturated rings. The van der Waals surface area contributed by atoms with Crippen molar-refractivity contribution in [3.8, 4) is 22.3 Å². The molecule has 44 heavy (non-hydrogen) atoms. The van der Waals surface area contributed by atoms with Crippen LogP contribution in [0.2, 0.25) is 13.1 Å². The van der Waals surface area contributed by atoms with Crippen molar-refractivity contribution in [2.24, 2.45) is 0 Å². The summed E-state index contributed by atoms with van der Waals surface area (Å²) in [5.41, 5.74) is 11.0. The molecule has 0 heterocycles. The molecule has 0 aliphatic carbocycles. The van der Waals surface area contributed by atoms with E-state index in [-0.39, 0.29) is 30.2 Å². The fourth-order valence-corrected chi connectivity index (χ4v) is 5.35. The van der Waals surface area contributed by atoms with Crippen LogP contribution < -0.4 is 24.8 Å². The van der Waals surface area contributed by atoms with Gasteiger partial charge in [0.05, 0.1) is 0 Å². The Kier molecular flexibility index (Phi) is 15.1. The maximum absolute atomic E-state index is 2.35. The molecule has 0 unspecified atom stereocenters. The van der Waals surface area contributed by atoms with Gasteiger partial charge in [-0.3, -0.25) is 0 Å². The molecule has 6 rings (SSSR count). The number of hydrogen-bond donors (Lipinski definition) is 0. The van der Waals surface area contributed by atoms with Gasteiger partial charge in [0.1, 0.15) is 0 Å². The molecule has 0 aliphatic rings. The first kappa shape index (κ1) is 38.0. The largest absolute Gasteiger partial charge is 1.00 e. The summed E-state index contributed by atoms with van der Waals surface area (Å²) in [5, 5.41) is 5.47. The summed E-state index contributed by atoms with van der Waals surface area (Å²) in [6.45, 7) is 17.9. The molecule has 0 atom stereocenters. The van der Waals surface area contributed by atoms with Gasteiger partial charge in [0.25, 0.3) is 0 Å². The van der Waals surface area contributed by atoms with Crippen LogP contribution in [0.1, 0.15) is 61.8 Å². The van der Waals surface area contributed by atoms with Crippen molar-refractivity contribution in [2.45, 2.75) is 66.5 Å². The Labute approximate surface area is 293 Å². The second-order valence-electron chi connectivity index (χ2n) is 12.2. The molecule has 6 aromatic carbocycles. The van der Waals surface area contributed by atoms with Crippen LogP contribution in [0.3, 0.4) is 0 Å². The van der Waals surface area contributed by atoms with E-state index in [9.17, 15) is 0 Å². The number of rotatable bonds is 4. The molecular formula is C40H44Cl2SiZr-2. The number of halogens is 2. The van der Waals surface area contributed by atoms with Gasteiger partial charge in [-0.1, -0.05) is 119 Å². The van der Waals surface area contributed by atoms with Gasteiger partial charge in [0.15, 0.2) is 0 Å². The molecule has 0 nitrogen and oxygen atoms in total. The first-order valence-corrected chi connectivity index (χ1v) is 21.3. The van der Waals surface area contributed by atoms with Crippen molar-refractivity contribution in [3.05, 3.63) is 131 Å². The first-order chi connectivity index (χ1) is 20.0. The molecule has 6 aromatic rings. The monoisotopic (exact) mass is 712 g/mol. The summed E-state index contributed by atoms with van der Waals surface area (Å²) >= 11 is 1.74. The zero-order valence-electron chi connectivity index (χ0n) is 27.3. The summed E-state index contributed by atoms with van der Waals surface area (Å²) < 4.78 is 0. The minimum absolute atomic E-state index is 0. The zero-order chi connectivity index (χ0) is 30.4. The normalized spacial score (nSPS) is 10.5. The molecule has 0 aromatic heterocycles. The minimum atomic E-state index is 0. The van der Waals surface area contributed by atoms with Gasteiger partial charge in [-0.25, -0.2) is 0 Å². The zero-order valence-corrected chi connectivity index (χ0v) is 32.3. The molecule has 0 aliphatic heterocycles. The van der Waals surface area contributed by atoms with Gasteiger partial charge in [0.2, 0.25) is 0 Å². The Bertz CT molecular complexity index is 1770. The van der Waals surface area contributed by atoms with Gasteiger partial charge < -0.3 is 24.8 Å². The van der Waals surface area contributed by atoms with E-state index in [0.717, 1.165) is 0 Å². The fourth-order valence-electron chi connectivity index (χ4n) is 5.35. The molecule has 0 saturated heterocycles. The van der Waals surface area contributed by atoms with Gasteiger partial charge in [-0.2, -0.15) is 12.1 Å². The predicted molar refractivity (Wildman–Crippen MR) is 185 cm³/mol. The average molecular weight is 715 g/mol. The number of hydrogen-bond acceptors (Lipinski definition) is 0. The van der Waals surface area contributed by atoms with Crippen LogP contribution in [-0.2, 0) is 23.3 Å². The van der Waals surface area contributed by atoms with Crippen LogP contribution >= 0.6 is 0 Å². The van der Waals surface area contributed by atoms with Crippen LogP contribution in [0.15, 0.2) is 109 Å². The van der Waals surface area contributed by atoms with E-state index in [1.54, 1.807) is 23.3 Å². The topological polar surface area (TPSA) is 0 Å². The molecule has 0 spiro atoms. The van der Waals surface area contributed by atoms with Crippen molar-refractivity contribution in [1.82, 2.24) is 0 Å². The average Bonchev–Trinajstić information content (AvgIpc) is 3.58. The van der Waals surface area contributed by atoms with Crippen LogP contribution in [0.4, 0.5) is 0 Å². The third-order valence-electron chi connectivity index (χ3n) is 7.66. The standard InChI is InChI=1S/C21H23.C17H15.C2H6Si.2ClH.Zr/c1-14(2)16-8-10-17(11-9-16)20-7-5-6-18-12-19(15(3)4)13-21(18)20;1-12-10-16-13(2)8-9-15(17(16)11-12)14-6-4-3-5-7-14;1-3-2;;;/h5-15H,1-4H3;3-11H,1-2H3;1-2H3;2*1H;/q2*-1;;;;+2/p-2. The van der Waals surface area contributed by atoms with E-state index in [1.807, 2.05) is 0 Å². The van der Waals surface area contributed by atoms with Crippen LogP contribution in [0.25, 0.3) is 43.8 Å². The molecule has 0 N–H and O–H groups in total. The van der Waals surface area contributed by atoms with Gasteiger partial charge >= 0.3 is 41.9 Å². The predicted octanol–water partition coefficient (Wildman–Crippen LogP) is 6.11. The fraction of sp³-hybridized carbons (Fsp3) is 0.250. The number of benzene rings is 4. The van der Waals surface area contributed by atoms with Gasteiger partial charge in [-0.15, -0.1) is 68.6 Å². The Hall–Kier alpha value is -2.22. The van der Waals surface area contributed by atoms with Crippen molar-refractivity contribution >= 4 is 27.0 Å². The third kappa shape index (κ3) is 9.64. The van der Waals surface area contributed by atoms with Crippen LogP contribution in [0, 0.1) is 13.8 Å². The Balaban J connectivity index is 0.000000267. The van der Waals surface area contributed by atoms with Crippen LogP contribution in [0.5, 0.6) is 0 Å². The maximum atomic E-state index is 2.35. The Morgan fingerprint density at radius 3 is 1.80 bits per heavy atom. The summed E-state index contributed by atoms with van der Waals surface area (Å²) in [6.07, 6.45) is 0. The maximum Gasteiger partial charge on any atom is -0.0279 e. The van der Waals surface area contributed by atoms with Gasteiger partial charge in [0, 0.05) is 0 Å². The summed E-state index contributed by atoms with van der Waals surface area (Å²) in [6, 6.07) is 39.9. The smallest absolute Gasteiger partial charge is 0.0279 e. The van der Waals surface area contributed by atoms with Crippen molar-refractivity contribution in [2.75, 3.05) is 0 Å². The number of fused-ring (bicyclic) bond motifs is 2. The van der Waals surface area contributed by atoms with Crippen molar-refractivity contribution in [3.63, 3.8) is 0 Å². The van der Waals surface area contributed by atoms with Crippen LogP contribution in [-0.4, -0.2) is 5.43 Å². The summed E-state index contributed by atoms with van der Waals surface area (Å²) in [7, 11) is 0. The molecule has 0 radical (unpaired) electrons.